The van der Waals surface area contributed by atoms with Crippen LogP contribution in [0, 0.1) is 0 Å². The van der Waals surface area contributed by atoms with Gasteiger partial charge in [0.1, 0.15) is 0 Å². The Kier molecular flexibility index (Phi) is 248. The minimum atomic E-state index is 0. The molecule has 0 amide bonds. The summed E-state index contributed by atoms with van der Waals surface area (Å²) >= 11 is 0. The maximum Gasteiger partial charge on any atom is 1.00 e. The van der Waals surface area contributed by atoms with Crippen LogP contribution < -0.4 is 89.1 Å². The molecule has 0 aliphatic rings. The molecule has 0 atom stereocenters. The van der Waals surface area contributed by atoms with E-state index in [4.69, 9.17) is 0 Å². The van der Waals surface area contributed by atoms with Gasteiger partial charge in [0.25, 0.3) is 0 Å². The summed E-state index contributed by atoms with van der Waals surface area (Å²) in [6, 6.07) is 0. The molecule has 5 heavy (non-hydrogen) atoms. The first-order valence-electron chi connectivity index (χ1n) is 0. The van der Waals surface area contributed by atoms with E-state index in [9.17, 15) is 0 Å². The first-order chi connectivity index (χ1) is 0. The fraction of sp³-hybridized carbons (Fsp3) is 0. The summed E-state index contributed by atoms with van der Waals surface area (Å²) in [5.74, 6) is 0. The molecule has 18 valence electrons. The molecule has 0 aliphatic heterocycles. The van der Waals surface area contributed by atoms with Crippen LogP contribution >= 0.6 is 0 Å². The average Bonchev–Trinajstić information content (AvgIpc) is 0. The number of hydrogen-bond donors (Lipinski definition) is 0. The van der Waals surface area contributed by atoms with Gasteiger partial charge in [-0.05, 0) is 0 Å². The van der Waals surface area contributed by atoms with Crippen molar-refractivity contribution in [1.82, 2.24) is 0 Å². The Morgan fingerprint density at radius 1 is 0.800 bits per heavy atom. The molecule has 0 heterocycles. The summed E-state index contributed by atoms with van der Waals surface area (Å²) in [5.41, 5.74) is 0. The standard InChI is InChI=1S/2BH4.K.2Li.H/h2*1H4;;;;/q2*-1;3*+1;-1. The van der Waals surface area contributed by atoms with Crippen LogP contribution in [0.15, 0.2) is 0 Å². The van der Waals surface area contributed by atoms with Crippen molar-refractivity contribution in [1.29, 1.82) is 0 Å². The maximum atomic E-state index is 0. The summed E-state index contributed by atoms with van der Waals surface area (Å²) in [6.45, 7) is 0. The Morgan fingerprint density at radius 3 is 0.800 bits per heavy atom. The van der Waals surface area contributed by atoms with Gasteiger partial charge in [-0.3, -0.25) is 0 Å². The molecule has 0 nitrogen and oxygen atoms in total. The largest absolute Gasteiger partial charge is 1.00 e. The predicted molar refractivity (Wildman–Crippen MR) is 23.8 cm³/mol. The van der Waals surface area contributed by atoms with E-state index < -0.39 is 0 Å². The maximum absolute atomic E-state index is 0. The zero-order valence-corrected chi connectivity index (χ0v) is 6.12. The molecule has 0 fully saturated rings. The minimum Gasteiger partial charge on any atom is -1.00 e. The normalized spacial score (nSPS) is 0. The van der Waals surface area contributed by atoms with Crippen molar-refractivity contribution in [3.63, 3.8) is 0 Å². The van der Waals surface area contributed by atoms with Gasteiger partial charge in [0, 0.05) is 0 Å². The fourth-order valence-corrected chi connectivity index (χ4v) is 0. The Balaban J connectivity index is 0. The summed E-state index contributed by atoms with van der Waals surface area (Å²) < 4.78 is 0. The third kappa shape index (κ3) is 19.5. The second kappa shape index (κ2) is 28.2. The molecular weight excluding hydrogens is 74.6 g/mol. The quantitative estimate of drug-likeness (QED) is 0.255. The Morgan fingerprint density at radius 2 is 0.800 bits per heavy atom. The van der Waals surface area contributed by atoms with E-state index in [1.54, 1.807) is 0 Å². The van der Waals surface area contributed by atoms with Crippen LogP contribution in [0.25, 0.3) is 0 Å². The first kappa shape index (κ1) is 44.0. The molecule has 0 unspecified atom stereocenters. The minimum absolute atomic E-state index is 0. The third-order valence-corrected chi connectivity index (χ3v) is 0. The molecule has 0 radical (unpaired) electrons. The molecule has 0 rings (SSSR count). The van der Waals surface area contributed by atoms with Gasteiger partial charge >= 0.3 is 89.1 Å². The van der Waals surface area contributed by atoms with E-state index >= 15 is 0 Å². The van der Waals surface area contributed by atoms with Crippen LogP contribution in [-0.4, -0.2) is 16.8 Å². The SMILES string of the molecule is [BH4-].[BH4-].[H-].[K+].[Li+].[Li+]. The van der Waals surface area contributed by atoms with Crippen LogP contribution in [0.4, 0.5) is 0 Å². The molecule has 0 spiro atoms. The second-order valence-corrected chi connectivity index (χ2v) is 0. The van der Waals surface area contributed by atoms with Crippen LogP contribution in [0.1, 0.15) is 1.43 Å². The fourth-order valence-electron chi connectivity index (χ4n) is 0. The van der Waals surface area contributed by atoms with E-state index in [1.165, 1.54) is 0 Å². The van der Waals surface area contributed by atoms with E-state index in [0.29, 0.717) is 0 Å². The summed E-state index contributed by atoms with van der Waals surface area (Å²) in [7, 11) is 0. The van der Waals surface area contributed by atoms with Gasteiger partial charge in [-0.25, -0.2) is 0 Å². The molecule has 0 aliphatic carbocycles. The molecule has 0 aromatic carbocycles. The molecule has 0 aromatic rings. The third-order valence-electron chi connectivity index (χ3n) is 0. The van der Waals surface area contributed by atoms with Crippen molar-refractivity contribution in [2.24, 2.45) is 0 Å². The van der Waals surface area contributed by atoms with Crippen molar-refractivity contribution >= 4 is 16.8 Å². The van der Waals surface area contributed by atoms with Gasteiger partial charge in [-0.2, -0.15) is 0 Å². The molecule has 0 bridgehead atoms. The Hall–Kier alpha value is 2.96. The smallest absolute Gasteiger partial charge is 1.00 e. The zero-order chi connectivity index (χ0) is 0. The van der Waals surface area contributed by atoms with Crippen molar-refractivity contribution in [2.75, 3.05) is 0 Å². The van der Waals surface area contributed by atoms with E-state index in [1.807, 2.05) is 0 Å². The van der Waals surface area contributed by atoms with Gasteiger partial charge in [0.15, 0.2) is 0 Å². The van der Waals surface area contributed by atoms with Crippen LogP contribution in [-0.2, 0) is 0 Å². The van der Waals surface area contributed by atoms with Gasteiger partial charge in [0.05, 0.1) is 0 Å². The van der Waals surface area contributed by atoms with Gasteiger partial charge in [-0.15, -0.1) is 0 Å². The summed E-state index contributed by atoms with van der Waals surface area (Å²) in [6.07, 6.45) is 0. The van der Waals surface area contributed by atoms with Crippen molar-refractivity contribution in [3.05, 3.63) is 0 Å². The summed E-state index contributed by atoms with van der Waals surface area (Å²) in [4.78, 5) is 0. The van der Waals surface area contributed by atoms with Crippen LogP contribution in [0.2, 0.25) is 0 Å². The molecule has 5 heteroatoms. The predicted octanol–water partition coefficient (Wildman–Crippen LogP) is -11.8. The average molecular weight is 83.7 g/mol. The Labute approximate surface area is 105 Å². The van der Waals surface area contributed by atoms with Crippen LogP contribution in [0.5, 0.6) is 0 Å². The monoisotopic (exact) mass is 84.1 g/mol. The van der Waals surface area contributed by atoms with E-state index in [2.05, 4.69) is 0 Å². The topological polar surface area (TPSA) is 0 Å². The summed E-state index contributed by atoms with van der Waals surface area (Å²) in [5, 5.41) is 0. The zero-order valence-electron chi connectivity index (χ0n) is 4.00. The van der Waals surface area contributed by atoms with Gasteiger partial charge < -0.3 is 1.43 Å². The van der Waals surface area contributed by atoms with Gasteiger partial charge in [0.2, 0.25) is 0 Å². The number of rotatable bonds is 0. The van der Waals surface area contributed by atoms with Crippen molar-refractivity contribution in [2.45, 2.75) is 0 Å². The number of hydrogen-bond acceptors (Lipinski definition) is 0. The molecule has 0 saturated carbocycles. The second-order valence-electron chi connectivity index (χ2n) is 0. The van der Waals surface area contributed by atoms with Crippen molar-refractivity contribution in [3.8, 4) is 0 Å². The van der Waals surface area contributed by atoms with E-state index in [0.717, 1.165) is 0 Å². The first-order valence-corrected chi connectivity index (χ1v) is 0. The molecule has 0 saturated heterocycles. The molecule has 0 N–H and O–H groups in total. The Bertz CT molecular complexity index is 11.5. The van der Waals surface area contributed by atoms with Crippen LogP contribution in [0.3, 0.4) is 0 Å². The molecular formula is H9B2KLi2. The van der Waals surface area contributed by atoms with Crippen molar-refractivity contribution < 1.29 is 90.5 Å². The van der Waals surface area contributed by atoms with E-state index in [-0.39, 0.29) is 107 Å². The van der Waals surface area contributed by atoms with Gasteiger partial charge in [-0.1, -0.05) is 16.8 Å². The molecule has 0 aromatic heterocycles.